The van der Waals surface area contributed by atoms with Gasteiger partial charge in [0.05, 0.1) is 0 Å². The molecule has 0 aromatic carbocycles. The Balaban J connectivity index is 1.92. The summed E-state index contributed by atoms with van der Waals surface area (Å²) in [7, 11) is -1.57. The SMILES string of the molecule is Cc1cn(C)c2ncc(S(=O)(=O)NC3CCCCC3)cc12. The summed E-state index contributed by atoms with van der Waals surface area (Å²) in [4.78, 5) is 4.56. The van der Waals surface area contributed by atoms with Gasteiger partial charge in [-0.2, -0.15) is 0 Å². The second-order valence-corrected chi connectivity index (χ2v) is 7.64. The van der Waals surface area contributed by atoms with Crippen LogP contribution in [-0.4, -0.2) is 24.0 Å². The molecule has 0 amide bonds. The van der Waals surface area contributed by atoms with Crippen LogP contribution in [0.1, 0.15) is 37.7 Å². The number of hydrogen-bond donors (Lipinski definition) is 1. The summed E-state index contributed by atoms with van der Waals surface area (Å²) < 4.78 is 29.7. The molecule has 21 heavy (non-hydrogen) atoms. The second-order valence-electron chi connectivity index (χ2n) is 5.92. The zero-order valence-corrected chi connectivity index (χ0v) is 13.3. The van der Waals surface area contributed by atoms with Gasteiger partial charge in [0.15, 0.2) is 0 Å². The molecule has 1 saturated carbocycles. The maximum atomic E-state index is 12.5. The first-order valence-corrected chi connectivity index (χ1v) is 8.90. The average Bonchev–Trinajstić information content (AvgIpc) is 2.74. The number of pyridine rings is 1. The van der Waals surface area contributed by atoms with Crippen molar-refractivity contribution >= 4 is 21.1 Å². The quantitative estimate of drug-likeness (QED) is 0.947. The number of hydrogen-bond acceptors (Lipinski definition) is 3. The Hall–Kier alpha value is -1.40. The van der Waals surface area contributed by atoms with Crippen molar-refractivity contribution in [1.29, 1.82) is 0 Å². The lowest BCUT2D eigenvalue weighted by atomic mass is 9.96. The van der Waals surface area contributed by atoms with Crippen molar-refractivity contribution in [2.45, 2.75) is 50.0 Å². The first-order valence-electron chi connectivity index (χ1n) is 7.41. The van der Waals surface area contributed by atoms with Crippen LogP contribution in [0.25, 0.3) is 11.0 Å². The van der Waals surface area contributed by atoms with Gasteiger partial charge in [0.1, 0.15) is 10.5 Å². The molecule has 114 valence electrons. The lowest BCUT2D eigenvalue weighted by molar-refractivity contribution is 0.412. The van der Waals surface area contributed by atoms with Crippen molar-refractivity contribution < 1.29 is 8.42 Å². The van der Waals surface area contributed by atoms with Crippen LogP contribution >= 0.6 is 0 Å². The first-order chi connectivity index (χ1) is 9.97. The number of rotatable bonds is 3. The predicted molar refractivity (Wildman–Crippen MR) is 82.6 cm³/mol. The zero-order valence-electron chi connectivity index (χ0n) is 12.5. The minimum Gasteiger partial charge on any atom is -0.335 e. The summed E-state index contributed by atoms with van der Waals surface area (Å²) in [6.45, 7) is 1.97. The van der Waals surface area contributed by atoms with Crippen LogP contribution in [0.2, 0.25) is 0 Å². The summed E-state index contributed by atoms with van der Waals surface area (Å²) in [6, 6.07) is 1.79. The molecule has 2 heterocycles. The largest absolute Gasteiger partial charge is 0.335 e. The summed E-state index contributed by atoms with van der Waals surface area (Å²) >= 11 is 0. The number of fused-ring (bicyclic) bond motifs is 1. The highest BCUT2D eigenvalue weighted by atomic mass is 32.2. The predicted octanol–water partition coefficient (Wildman–Crippen LogP) is 2.49. The normalized spacial score (nSPS) is 17.4. The van der Waals surface area contributed by atoms with Gasteiger partial charge in [-0.25, -0.2) is 18.1 Å². The molecule has 1 N–H and O–H groups in total. The van der Waals surface area contributed by atoms with E-state index in [0.29, 0.717) is 0 Å². The number of sulfonamides is 1. The summed E-state index contributed by atoms with van der Waals surface area (Å²) in [5.41, 5.74) is 1.85. The highest BCUT2D eigenvalue weighted by molar-refractivity contribution is 7.89. The third-order valence-electron chi connectivity index (χ3n) is 4.23. The summed E-state index contributed by atoms with van der Waals surface area (Å²) in [5.74, 6) is 0. The van der Waals surface area contributed by atoms with E-state index in [1.807, 2.05) is 24.7 Å². The zero-order chi connectivity index (χ0) is 15.0. The molecule has 0 bridgehead atoms. The van der Waals surface area contributed by atoms with Gasteiger partial charge in [-0.1, -0.05) is 19.3 Å². The molecule has 6 heteroatoms. The van der Waals surface area contributed by atoms with Crippen LogP contribution in [0.5, 0.6) is 0 Å². The van der Waals surface area contributed by atoms with Gasteiger partial charge in [-0.05, 0) is 31.4 Å². The molecular formula is C15H21N3O2S. The Morgan fingerprint density at radius 3 is 2.71 bits per heavy atom. The maximum absolute atomic E-state index is 12.5. The van der Waals surface area contributed by atoms with Gasteiger partial charge in [-0.15, -0.1) is 0 Å². The van der Waals surface area contributed by atoms with Gasteiger partial charge in [0, 0.05) is 30.9 Å². The Labute approximate surface area is 125 Å². The number of nitrogens with one attached hydrogen (secondary N) is 1. The molecule has 0 unspecified atom stereocenters. The Morgan fingerprint density at radius 2 is 2.00 bits per heavy atom. The van der Waals surface area contributed by atoms with Crippen LogP contribution in [-0.2, 0) is 17.1 Å². The van der Waals surface area contributed by atoms with E-state index >= 15 is 0 Å². The van der Waals surface area contributed by atoms with E-state index in [1.165, 1.54) is 12.6 Å². The van der Waals surface area contributed by atoms with E-state index in [-0.39, 0.29) is 10.9 Å². The monoisotopic (exact) mass is 307 g/mol. The number of nitrogens with zero attached hydrogens (tertiary/aromatic N) is 2. The molecule has 1 aliphatic carbocycles. The number of aromatic nitrogens is 2. The van der Waals surface area contributed by atoms with Gasteiger partial charge >= 0.3 is 0 Å². The van der Waals surface area contributed by atoms with Crippen molar-refractivity contribution in [3.63, 3.8) is 0 Å². The van der Waals surface area contributed by atoms with Gasteiger partial charge in [-0.3, -0.25) is 0 Å². The van der Waals surface area contributed by atoms with Crippen molar-refractivity contribution in [2.24, 2.45) is 7.05 Å². The molecule has 2 aromatic heterocycles. The van der Waals surface area contributed by atoms with Crippen molar-refractivity contribution in [1.82, 2.24) is 14.3 Å². The van der Waals surface area contributed by atoms with Crippen molar-refractivity contribution in [3.05, 3.63) is 24.0 Å². The highest BCUT2D eigenvalue weighted by Gasteiger charge is 2.22. The fourth-order valence-electron chi connectivity index (χ4n) is 3.09. The third kappa shape index (κ3) is 2.82. The Bertz CT molecular complexity index is 759. The fourth-order valence-corrected chi connectivity index (χ4v) is 4.36. The minimum absolute atomic E-state index is 0.0660. The maximum Gasteiger partial charge on any atom is 0.242 e. The van der Waals surface area contributed by atoms with E-state index in [9.17, 15) is 8.42 Å². The summed E-state index contributed by atoms with van der Waals surface area (Å²) in [6.07, 6.45) is 8.67. The summed E-state index contributed by atoms with van der Waals surface area (Å²) in [5, 5.41) is 0.893. The van der Waals surface area contributed by atoms with Crippen LogP contribution in [0.4, 0.5) is 0 Å². The second kappa shape index (κ2) is 5.42. The van der Waals surface area contributed by atoms with Crippen LogP contribution < -0.4 is 4.72 Å². The van der Waals surface area contributed by atoms with Crippen LogP contribution in [0.3, 0.4) is 0 Å². The fraction of sp³-hybridized carbons (Fsp3) is 0.533. The molecule has 1 fully saturated rings. The van der Waals surface area contributed by atoms with Crippen LogP contribution in [0.15, 0.2) is 23.4 Å². The van der Waals surface area contributed by atoms with Crippen LogP contribution in [0, 0.1) is 6.92 Å². The average molecular weight is 307 g/mol. The standard InChI is InChI=1S/C15H21N3O2S/c1-11-10-18(2)15-14(11)8-13(9-16-15)21(19,20)17-12-6-4-3-5-7-12/h8-10,12,17H,3-7H2,1-2H3. The topological polar surface area (TPSA) is 64.0 Å². The molecule has 0 spiro atoms. The molecule has 5 nitrogen and oxygen atoms in total. The molecular weight excluding hydrogens is 286 g/mol. The molecule has 0 aliphatic heterocycles. The Morgan fingerprint density at radius 1 is 1.29 bits per heavy atom. The lowest BCUT2D eigenvalue weighted by Crippen LogP contribution is -2.36. The van der Waals surface area contributed by atoms with E-state index in [0.717, 1.165) is 42.3 Å². The minimum atomic E-state index is -3.48. The van der Waals surface area contributed by atoms with Crippen molar-refractivity contribution in [3.8, 4) is 0 Å². The molecule has 0 atom stereocenters. The molecule has 0 radical (unpaired) electrons. The highest BCUT2D eigenvalue weighted by Crippen LogP contribution is 2.23. The van der Waals surface area contributed by atoms with Gasteiger partial charge < -0.3 is 4.57 Å². The molecule has 1 aliphatic rings. The van der Waals surface area contributed by atoms with E-state index in [2.05, 4.69) is 9.71 Å². The van der Waals surface area contributed by atoms with Gasteiger partial charge in [0.25, 0.3) is 0 Å². The third-order valence-corrected chi connectivity index (χ3v) is 5.71. The lowest BCUT2D eigenvalue weighted by Gasteiger charge is -2.22. The van der Waals surface area contributed by atoms with Crippen molar-refractivity contribution in [2.75, 3.05) is 0 Å². The Kier molecular flexibility index (Phi) is 3.75. The molecule has 3 rings (SSSR count). The smallest absolute Gasteiger partial charge is 0.242 e. The number of aryl methyl sites for hydroxylation is 2. The molecule has 2 aromatic rings. The molecule has 0 saturated heterocycles. The van der Waals surface area contributed by atoms with E-state index < -0.39 is 10.0 Å². The van der Waals surface area contributed by atoms with E-state index in [1.54, 1.807) is 6.07 Å². The van der Waals surface area contributed by atoms with E-state index in [4.69, 9.17) is 0 Å². The van der Waals surface area contributed by atoms with Gasteiger partial charge in [0.2, 0.25) is 10.0 Å². The first kappa shape index (κ1) is 14.5.